The first-order valence-corrected chi connectivity index (χ1v) is 7.13. The third-order valence-corrected chi connectivity index (χ3v) is 4.21. The number of nitrogens with one attached hydrogen (secondary N) is 1. The number of carbonyl (C=O) groups excluding carboxylic acids is 1. The van der Waals surface area contributed by atoms with Crippen molar-refractivity contribution in [1.29, 1.82) is 0 Å². The molecule has 1 aliphatic rings. The summed E-state index contributed by atoms with van der Waals surface area (Å²) in [6.45, 7) is 8.60. The number of aromatic nitrogens is 2. The van der Waals surface area contributed by atoms with Crippen LogP contribution in [0.15, 0.2) is 0 Å². The molecule has 0 radical (unpaired) electrons. The van der Waals surface area contributed by atoms with Crippen molar-refractivity contribution in [2.24, 2.45) is 13.0 Å². The number of nitrogens with zero attached hydrogens (tertiary/aromatic N) is 2. The summed E-state index contributed by atoms with van der Waals surface area (Å²) in [5.41, 5.74) is 3.53. The van der Waals surface area contributed by atoms with E-state index in [-0.39, 0.29) is 11.4 Å². The van der Waals surface area contributed by atoms with Gasteiger partial charge in [0.15, 0.2) is 0 Å². The lowest BCUT2D eigenvalue weighted by Crippen LogP contribution is -2.44. The van der Waals surface area contributed by atoms with Gasteiger partial charge in [0.25, 0.3) is 0 Å². The van der Waals surface area contributed by atoms with Crippen LogP contribution >= 0.6 is 0 Å². The zero-order valence-corrected chi connectivity index (χ0v) is 12.7. The Hall–Kier alpha value is -1.32. The minimum Gasteiger partial charge on any atom is -0.350 e. The first kappa shape index (κ1) is 14.1. The second-order valence-corrected chi connectivity index (χ2v) is 6.38. The molecule has 1 atom stereocenters. The lowest BCUT2D eigenvalue weighted by molar-refractivity contribution is -0.119. The molecule has 106 valence electrons. The minimum atomic E-state index is -0.0657. The Morgan fingerprint density at radius 1 is 1.42 bits per heavy atom. The SMILES string of the molecule is Cc1nn(C)c(C)c1CC1(CC(C)C)CCC(=O)N1. The Labute approximate surface area is 115 Å². The predicted octanol–water partition coefficient (Wildman–Crippen LogP) is 2.27. The monoisotopic (exact) mass is 263 g/mol. The highest BCUT2D eigenvalue weighted by molar-refractivity contribution is 5.79. The van der Waals surface area contributed by atoms with Gasteiger partial charge in [0.2, 0.25) is 5.91 Å². The van der Waals surface area contributed by atoms with Gasteiger partial charge in [-0.3, -0.25) is 9.48 Å². The average molecular weight is 263 g/mol. The molecule has 4 heteroatoms. The largest absolute Gasteiger partial charge is 0.350 e. The quantitative estimate of drug-likeness (QED) is 0.906. The maximum atomic E-state index is 11.7. The number of hydrogen-bond acceptors (Lipinski definition) is 2. The summed E-state index contributed by atoms with van der Waals surface area (Å²) in [5, 5.41) is 7.72. The van der Waals surface area contributed by atoms with Crippen LogP contribution in [0.25, 0.3) is 0 Å². The summed E-state index contributed by atoms with van der Waals surface area (Å²) in [4.78, 5) is 11.7. The van der Waals surface area contributed by atoms with Crippen LogP contribution in [0.3, 0.4) is 0 Å². The summed E-state index contributed by atoms with van der Waals surface area (Å²) in [6.07, 6.45) is 3.54. The second-order valence-electron chi connectivity index (χ2n) is 6.38. The number of rotatable bonds is 4. The highest BCUT2D eigenvalue weighted by Gasteiger charge is 2.39. The number of amides is 1. The average Bonchev–Trinajstić information content (AvgIpc) is 2.75. The van der Waals surface area contributed by atoms with Crippen molar-refractivity contribution in [3.05, 3.63) is 17.0 Å². The maximum absolute atomic E-state index is 11.7. The lowest BCUT2D eigenvalue weighted by atomic mass is 9.81. The zero-order valence-electron chi connectivity index (χ0n) is 12.7. The van der Waals surface area contributed by atoms with Crippen LogP contribution in [0.1, 0.15) is 50.1 Å². The predicted molar refractivity (Wildman–Crippen MR) is 75.9 cm³/mol. The van der Waals surface area contributed by atoms with Gasteiger partial charge in [-0.25, -0.2) is 0 Å². The van der Waals surface area contributed by atoms with E-state index in [1.165, 1.54) is 11.3 Å². The molecule has 2 heterocycles. The van der Waals surface area contributed by atoms with Crippen LogP contribution in [0.2, 0.25) is 0 Å². The third-order valence-electron chi connectivity index (χ3n) is 4.21. The number of aryl methyl sites for hydroxylation is 2. The summed E-state index contributed by atoms with van der Waals surface area (Å²) >= 11 is 0. The van der Waals surface area contributed by atoms with Crippen molar-refractivity contribution in [2.45, 2.75) is 58.9 Å². The van der Waals surface area contributed by atoms with Gasteiger partial charge in [-0.15, -0.1) is 0 Å². The summed E-state index contributed by atoms with van der Waals surface area (Å²) in [7, 11) is 1.98. The topological polar surface area (TPSA) is 46.9 Å². The van der Waals surface area contributed by atoms with Crippen molar-refractivity contribution in [1.82, 2.24) is 15.1 Å². The molecule has 0 saturated carbocycles. The van der Waals surface area contributed by atoms with E-state index in [9.17, 15) is 4.79 Å². The summed E-state index contributed by atoms with van der Waals surface area (Å²) in [5.74, 6) is 0.774. The van der Waals surface area contributed by atoms with Gasteiger partial charge in [-0.1, -0.05) is 13.8 Å². The fourth-order valence-electron chi connectivity index (χ4n) is 3.32. The van der Waals surface area contributed by atoms with Gasteiger partial charge in [-0.05, 0) is 44.6 Å². The Balaban J connectivity index is 2.28. The molecule has 1 aromatic heterocycles. The van der Waals surface area contributed by atoms with E-state index in [4.69, 9.17) is 0 Å². The van der Waals surface area contributed by atoms with E-state index in [0.29, 0.717) is 12.3 Å². The Kier molecular flexibility index (Phi) is 3.70. The Bertz CT molecular complexity index is 490. The van der Waals surface area contributed by atoms with Crippen molar-refractivity contribution < 1.29 is 4.79 Å². The molecule has 0 spiro atoms. The third kappa shape index (κ3) is 2.82. The Morgan fingerprint density at radius 3 is 2.53 bits per heavy atom. The van der Waals surface area contributed by atoms with E-state index >= 15 is 0 Å². The molecule has 0 aliphatic carbocycles. The van der Waals surface area contributed by atoms with Gasteiger partial charge in [0, 0.05) is 24.7 Å². The smallest absolute Gasteiger partial charge is 0.220 e. The molecule has 19 heavy (non-hydrogen) atoms. The molecule has 0 bridgehead atoms. The summed E-state index contributed by atoms with van der Waals surface area (Å²) in [6, 6.07) is 0. The molecule has 1 unspecified atom stereocenters. The fraction of sp³-hybridized carbons (Fsp3) is 0.733. The normalized spacial score (nSPS) is 23.2. The van der Waals surface area contributed by atoms with Gasteiger partial charge in [0.1, 0.15) is 0 Å². The minimum absolute atomic E-state index is 0.0657. The molecule has 1 fully saturated rings. The first-order chi connectivity index (χ1) is 8.83. The second kappa shape index (κ2) is 4.99. The van der Waals surface area contributed by atoms with E-state index in [2.05, 4.69) is 38.1 Å². The number of carbonyl (C=O) groups is 1. The molecular formula is C15H25N3O. The molecule has 1 aliphatic heterocycles. The lowest BCUT2D eigenvalue weighted by Gasteiger charge is -2.31. The molecule has 1 aromatic rings. The zero-order chi connectivity index (χ0) is 14.2. The molecule has 1 N–H and O–H groups in total. The van der Waals surface area contributed by atoms with Crippen molar-refractivity contribution in [2.75, 3.05) is 0 Å². The summed E-state index contributed by atoms with van der Waals surface area (Å²) < 4.78 is 1.94. The van der Waals surface area contributed by atoms with E-state index in [0.717, 1.165) is 25.0 Å². The van der Waals surface area contributed by atoms with Gasteiger partial charge in [0.05, 0.1) is 5.69 Å². The fourth-order valence-corrected chi connectivity index (χ4v) is 3.32. The first-order valence-electron chi connectivity index (χ1n) is 7.13. The van der Waals surface area contributed by atoms with Gasteiger partial charge >= 0.3 is 0 Å². The van der Waals surface area contributed by atoms with Crippen LogP contribution in [0.5, 0.6) is 0 Å². The van der Waals surface area contributed by atoms with Crippen molar-refractivity contribution >= 4 is 5.91 Å². The van der Waals surface area contributed by atoms with E-state index in [1.54, 1.807) is 0 Å². The van der Waals surface area contributed by atoms with Crippen LogP contribution in [0.4, 0.5) is 0 Å². The molecule has 2 rings (SSSR count). The standard InChI is InChI=1S/C15H25N3O/c1-10(2)8-15(7-6-14(19)16-15)9-13-11(3)17-18(5)12(13)4/h10H,6-9H2,1-5H3,(H,16,19). The molecule has 1 saturated heterocycles. The Morgan fingerprint density at radius 2 is 2.11 bits per heavy atom. The maximum Gasteiger partial charge on any atom is 0.220 e. The molecular weight excluding hydrogens is 238 g/mol. The van der Waals surface area contributed by atoms with Gasteiger partial charge in [-0.2, -0.15) is 5.10 Å². The number of hydrogen-bond donors (Lipinski definition) is 1. The highest BCUT2D eigenvalue weighted by atomic mass is 16.2. The van der Waals surface area contributed by atoms with Gasteiger partial charge < -0.3 is 5.32 Å². The van der Waals surface area contributed by atoms with Crippen molar-refractivity contribution in [3.63, 3.8) is 0 Å². The van der Waals surface area contributed by atoms with E-state index in [1.807, 2.05) is 11.7 Å². The van der Waals surface area contributed by atoms with Crippen molar-refractivity contribution in [3.8, 4) is 0 Å². The highest BCUT2D eigenvalue weighted by Crippen LogP contribution is 2.32. The molecule has 4 nitrogen and oxygen atoms in total. The van der Waals surface area contributed by atoms with Crippen LogP contribution in [-0.4, -0.2) is 21.2 Å². The molecule has 0 aromatic carbocycles. The van der Waals surface area contributed by atoms with E-state index < -0.39 is 0 Å². The molecule has 1 amide bonds. The van der Waals surface area contributed by atoms with Crippen LogP contribution in [-0.2, 0) is 18.3 Å². The van der Waals surface area contributed by atoms with Crippen LogP contribution in [0, 0.1) is 19.8 Å². The van der Waals surface area contributed by atoms with Crippen LogP contribution < -0.4 is 5.32 Å².